The summed E-state index contributed by atoms with van der Waals surface area (Å²) in [6, 6.07) is 11.0. The minimum atomic E-state index is -0.258. The number of hydrogen-bond acceptors (Lipinski definition) is 10. The summed E-state index contributed by atoms with van der Waals surface area (Å²) in [5, 5.41) is 8.18. The molecule has 2 heterocycles. The van der Waals surface area contributed by atoms with Crippen LogP contribution >= 0.6 is 0 Å². The van der Waals surface area contributed by atoms with Crippen LogP contribution in [0.5, 0.6) is 11.5 Å². The number of nitrogens with one attached hydrogen (secondary N) is 2. The van der Waals surface area contributed by atoms with E-state index in [-0.39, 0.29) is 24.5 Å². The monoisotopic (exact) mass is 521 g/mol. The number of hydrazine groups is 1. The predicted octanol–water partition coefficient (Wildman–Crippen LogP) is 3.51. The van der Waals surface area contributed by atoms with Crippen molar-refractivity contribution in [2.45, 2.75) is 33.3 Å². The molecule has 11 nitrogen and oxygen atoms in total. The summed E-state index contributed by atoms with van der Waals surface area (Å²) < 4.78 is 17.4. The van der Waals surface area contributed by atoms with Gasteiger partial charge in [0.1, 0.15) is 36.3 Å². The van der Waals surface area contributed by atoms with Crippen molar-refractivity contribution >= 4 is 34.0 Å². The predicted molar refractivity (Wildman–Crippen MR) is 147 cm³/mol. The first-order valence-corrected chi connectivity index (χ1v) is 12.6. The first-order valence-electron chi connectivity index (χ1n) is 12.6. The van der Waals surface area contributed by atoms with Crippen LogP contribution in [0.2, 0.25) is 0 Å². The Morgan fingerprint density at radius 2 is 2.00 bits per heavy atom. The lowest BCUT2D eigenvalue weighted by Gasteiger charge is -2.17. The maximum Gasteiger partial charge on any atom is 0.245 e. The van der Waals surface area contributed by atoms with E-state index in [0.717, 1.165) is 17.5 Å². The zero-order chi connectivity index (χ0) is 27.1. The second kappa shape index (κ2) is 12.4. The molecular weight excluding hydrogens is 486 g/mol. The molecule has 0 unspecified atom stereocenters. The quantitative estimate of drug-likeness (QED) is 0.218. The molecule has 0 aliphatic carbocycles. The molecule has 1 aromatic heterocycles. The van der Waals surface area contributed by atoms with Crippen LogP contribution in [0.3, 0.4) is 0 Å². The van der Waals surface area contributed by atoms with Gasteiger partial charge in [-0.2, -0.15) is 0 Å². The number of fused-ring (bicyclic) bond motifs is 1. The molecule has 202 valence electrons. The average Bonchev–Trinajstić information content (AvgIpc) is 3.38. The number of nitrogens with two attached hydrogens (primary N) is 2. The summed E-state index contributed by atoms with van der Waals surface area (Å²) in [7, 11) is 0. The normalized spacial score (nSPS) is 15.5. The van der Waals surface area contributed by atoms with Crippen molar-refractivity contribution in [3.05, 3.63) is 54.6 Å². The highest BCUT2D eigenvalue weighted by atomic mass is 16.5. The van der Waals surface area contributed by atoms with Gasteiger partial charge in [0.15, 0.2) is 0 Å². The van der Waals surface area contributed by atoms with Crippen molar-refractivity contribution in [3.63, 3.8) is 0 Å². The third-order valence-corrected chi connectivity index (χ3v) is 5.90. The topological polar surface area (TPSA) is 150 Å². The van der Waals surface area contributed by atoms with Crippen molar-refractivity contribution in [1.29, 1.82) is 0 Å². The van der Waals surface area contributed by atoms with Crippen molar-refractivity contribution in [2.75, 3.05) is 37.0 Å². The molecule has 0 spiro atoms. The van der Waals surface area contributed by atoms with Crippen LogP contribution in [-0.4, -0.2) is 53.4 Å². The second-order valence-electron chi connectivity index (χ2n) is 9.28. The van der Waals surface area contributed by atoms with Crippen molar-refractivity contribution in [2.24, 2.45) is 17.5 Å². The number of nitrogens with zero attached hydrogens (tertiary/aromatic N) is 3. The molecule has 0 bridgehead atoms. The molecule has 6 N–H and O–H groups in total. The summed E-state index contributed by atoms with van der Waals surface area (Å²) >= 11 is 0. The molecule has 0 radical (unpaired) electrons. The van der Waals surface area contributed by atoms with Gasteiger partial charge in [-0.15, -0.1) is 0 Å². The molecule has 3 aromatic rings. The van der Waals surface area contributed by atoms with Crippen molar-refractivity contribution in [3.8, 4) is 11.5 Å². The fourth-order valence-corrected chi connectivity index (χ4v) is 3.89. The van der Waals surface area contributed by atoms with Crippen LogP contribution in [0.4, 0.5) is 17.2 Å². The molecule has 1 saturated heterocycles. The van der Waals surface area contributed by atoms with Crippen LogP contribution < -0.4 is 31.7 Å². The summed E-state index contributed by atoms with van der Waals surface area (Å²) in [6.07, 6.45) is 3.93. The average molecular weight is 522 g/mol. The Bertz CT molecular complexity index is 1270. The van der Waals surface area contributed by atoms with Crippen LogP contribution in [0.15, 0.2) is 54.6 Å². The first kappa shape index (κ1) is 27.0. The first-order chi connectivity index (χ1) is 18.3. The van der Waals surface area contributed by atoms with Crippen molar-refractivity contribution < 1.29 is 19.0 Å². The smallest absolute Gasteiger partial charge is 0.245 e. The highest BCUT2D eigenvalue weighted by Gasteiger charge is 2.19. The summed E-state index contributed by atoms with van der Waals surface area (Å²) in [5.74, 6) is 7.67. The molecule has 11 heteroatoms. The van der Waals surface area contributed by atoms with E-state index in [1.54, 1.807) is 18.3 Å². The van der Waals surface area contributed by atoms with E-state index in [1.807, 2.05) is 45.0 Å². The van der Waals surface area contributed by atoms with Gasteiger partial charge in [-0.05, 0) is 37.1 Å². The molecule has 1 aliphatic rings. The SMILES string of the molecule is CCOc1cc(O[C@H]2CCOC2)cc2ncnc(Nc3ccc(NC(=O)CN(N)/C=C(\N)C(C)C)cc3)c12. The van der Waals surface area contributed by atoms with Gasteiger partial charge in [-0.1, -0.05) is 13.8 Å². The van der Waals surface area contributed by atoms with E-state index in [9.17, 15) is 4.79 Å². The number of rotatable bonds is 11. The van der Waals surface area contributed by atoms with Gasteiger partial charge in [0.05, 0.1) is 30.7 Å². The Labute approximate surface area is 222 Å². The number of hydrogen-bond donors (Lipinski definition) is 4. The Kier molecular flexibility index (Phi) is 8.82. The standard InChI is InChI=1S/C27H35N7O4/c1-4-37-24-12-21(38-20-9-10-36-15-20)11-23-26(24)27(31-16-30-23)33-19-7-5-18(6-8-19)32-25(35)14-34(29)13-22(28)17(2)3/h5-8,11-13,16-17,20H,4,9-10,14-15,28-29H2,1-3H3,(H,32,35)(H,30,31,33)/b22-13-/t20-/m0/s1. The second-order valence-corrected chi connectivity index (χ2v) is 9.28. The fourth-order valence-electron chi connectivity index (χ4n) is 3.89. The molecule has 2 aromatic carbocycles. The molecule has 1 atom stereocenters. The van der Waals surface area contributed by atoms with E-state index < -0.39 is 0 Å². The lowest BCUT2D eigenvalue weighted by molar-refractivity contribution is -0.116. The Balaban J connectivity index is 1.46. The summed E-state index contributed by atoms with van der Waals surface area (Å²) in [5.41, 5.74) is 8.62. The number of allylic oxidation sites excluding steroid dienone is 1. The molecule has 0 saturated carbocycles. The van der Waals surface area contributed by atoms with Crippen LogP contribution in [0.1, 0.15) is 27.2 Å². The van der Waals surface area contributed by atoms with Crippen LogP contribution in [-0.2, 0) is 9.53 Å². The van der Waals surface area contributed by atoms with E-state index in [4.69, 9.17) is 25.8 Å². The van der Waals surface area contributed by atoms with Gasteiger partial charge >= 0.3 is 0 Å². The third-order valence-electron chi connectivity index (χ3n) is 5.90. The van der Waals surface area contributed by atoms with Gasteiger partial charge in [-0.25, -0.2) is 15.8 Å². The van der Waals surface area contributed by atoms with Gasteiger partial charge in [0, 0.05) is 41.8 Å². The van der Waals surface area contributed by atoms with E-state index in [0.29, 0.717) is 54.0 Å². The van der Waals surface area contributed by atoms with Gasteiger partial charge in [0.25, 0.3) is 0 Å². The maximum absolute atomic E-state index is 12.4. The molecule has 1 amide bonds. The Morgan fingerprint density at radius 1 is 1.24 bits per heavy atom. The summed E-state index contributed by atoms with van der Waals surface area (Å²) in [6.45, 7) is 7.56. The number of aromatic nitrogens is 2. The number of benzene rings is 2. The molecular formula is C27H35N7O4. The molecule has 38 heavy (non-hydrogen) atoms. The van der Waals surface area contributed by atoms with E-state index in [1.165, 1.54) is 11.3 Å². The zero-order valence-corrected chi connectivity index (χ0v) is 21.9. The molecule has 4 rings (SSSR count). The minimum Gasteiger partial charge on any atom is -0.493 e. The van der Waals surface area contributed by atoms with Crippen LogP contribution in [0.25, 0.3) is 10.9 Å². The lowest BCUT2D eigenvalue weighted by Crippen LogP contribution is -2.35. The fraction of sp³-hybridized carbons (Fsp3) is 0.370. The van der Waals surface area contributed by atoms with Gasteiger partial charge < -0.3 is 35.6 Å². The van der Waals surface area contributed by atoms with E-state index in [2.05, 4.69) is 20.6 Å². The highest BCUT2D eigenvalue weighted by Crippen LogP contribution is 2.36. The van der Waals surface area contributed by atoms with Gasteiger partial charge in [0.2, 0.25) is 5.91 Å². The number of carbonyl (C=O) groups is 1. The lowest BCUT2D eigenvalue weighted by atomic mass is 10.1. The third kappa shape index (κ3) is 7.02. The minimum absolute atomic E-state index is 0.0166. The number of ether oxygens (including phenoxy) is 3. The van der Waals surface area contributed by atoms with Crippen molar-refractivity contribution in [1.82, 2.24) is 15.0 Å². The van der Waals surface area contributed by atoms with Crippen LogP contribution in [0, 0.1) is 5.92 Å². The number of amides is 1. The molecule has 1 fully saturated rings. The zero-order valence-electron chi connectivity index (χ0n) is 21.9. The summed E-state index contributed by atoms with van der Waals surface area (Å²) in [4.78, 5) is 21.3. The highest BCUT2D eigenvalue weighted by molar-refractivity contribution is 5.97. The number of carbonyl (C=O) groups excluding carboxylic acids is 1. The van der Waals surface area contributed by atoms with E-state index >= 15 is 0 Å². The largest absolute Gasteiger partial charge is 0.493 e. The number of anilines is 3. The maximum atomic E-state index is 12.4. The Hall–Kier alpha value is -4.09. The Morgan fingerprint density at radius 3 is 2.68 bits per heavy atom. The molecule has 1 aliphatic heterocycles. The van der Waals surface area contributed by atoms with Gasteiger partial charge in [-0.3, -0.25) is 4.79 Å².